The molecule has 20 heavy (non-hydrogen) atoms. The zero-order chi connectivity index (χ0) is 14.4. The van der Waals surface area contributed by atoms with Crippen molar-refractivity contribution in [2.45, 2.75) is 19.9 Å². The Kier molecular flexibility index (Phi) is 4.75. The second kappa shape index (κ2) is 6.74. The predicted molar refractivity (Wildman–Crippen MR) is 77.9 cm³/mol. The van der Waals surface area contributed by atoms with Crippen molar-refractivity contribution in [3.05, 3.63) is 24.3 Å². The van der Waals surface area contributed by atoms with Crippen molar-refractivity contribution in [3.63, 3.8) is 0 Å². The molecule has 0 amide bonds. The van der Waals surface area contributed by atoms with Gasteiger partial charge < -0.3 is 15.4 Å². The number of aromatic nitrogens is 4. The molecule has 7 heteroatoms. The zero-order valence-electron chi connectivity index (χ0n) is 12.1. The lowest BCUT2D eigenvalue weighted by molar-refractivity contribution is 0.414. The molecule has 0 bridgehead atoms. The third-order valence-electron chi connectivity index (χ3n) is 2.91. The highest BCUT2D eigenvalue weighted by atomic mass is 16.5. The van der Waals surface area contributed by atoms with Gasteiger partial charge in [-0.15, -0.1) is 0 Å². The number of hydrogen-bond donors (Lipinski definition) is 2. The number of methoxy groups -OCH3 is 1. The molecule has 0 aliphatic carbocycles. The number of aryl methyl sites for hydroxylation is 1. The first kappa shape index (κ1) is 14.1. The van der Waals surface area contributed by atoms with E-state index in [1.54, 1.807) is 13.3 Å². The van der Waals surface area contributed by atoms with Gasteiger partial charge in [-0.05, 0) is 12.5 Å². The molecule has 2 aromatic heterocycles. The molecule has 2 N–H and O–H groups in total. The minimum Gasteiger partial charge on any atom is -0.490 e. The van der Waals surface area contributed by atoms with Gasteiger partial charge in [0, 0.05) is 19.8 Å². The molecule has 0 aromatic carbocycles. The average molecular weight is 276 g/mol. The largest absolute Gasteiger partial charge is 0.490 e. The van der Waals surface area contributed by atoms with Crippen LogP contribution in [-0.4, -0.2) is 33.4 Å². The van der Waals surface area contributed by atoms with E-state index < -0.39 is 0 Å². The lowest BCUT2D eigenvalue weighted by Gasteiger charge is -2.13. The minimum absolute atomic E-state index is 0.622. The van der Waals surface area contributed by atoms with Gasteiger partial charge in [-0.1, -0.05) is 6.92 Å². The van der Waals surface area contributed by atoms with Crippen molar-refractivity contribution in [1.82, 2.24) is 19.7 Å². The molecule has 0 atom stereocenters. The van der Waals surface area contributed by atoms with Crippen LogP contribution < -0.4 is 15.4 Å². The van der Waals surface area contributed by atoms with Crippen LogP contribution in [0.1, 0.15) is 19.0 Å². The summed E-state index contributed by atoms with van der Waals surface area (Å²) >= 11 is 0. The quantitative estimate of drug-likeness (QED) is 0.801. The van der Waals surface area contributed by atoms with Crippen molar-refractivity contribution in [2.75, 3.05) is 24.3 Å². The first-order valence-corrected chi connectivity index (χ1v) is 6.59. The standard InChI is InChI=1S/C13H20N6O/c1-4-6-14-12-11(20-3)13(17-9-16-12)15-8-10-5-7-18-19(10)2/h5,7,9H,4,6,8H2,1-3H3,(H2,14,15,16,17). The number of rotatable bonds is 7. The van der Waals surface area contributed by atoms with E-state index >= 15 is 0 Å². The van der Waals surface area contributed by atoms with Crippen LogP contribution in [0.4, 0.5) is 11.6 Å². The van der Waals surface area contributed by atoms with E-state index in [-0.39, 0.29) is 0 Å². The van der Waals surface area contributed by atoms with Crippen LogP contribution in [0, 0.1) is 0 Å². The van der Waals surface area contributed by atoms with E-state index in [4.69, 9.17) is 4.74 Å². The molecule has 108 valence electrons. The van der Waals surface area contributed by atoms with Crippen LogP contribution in [0.5, 0.6) is 5.75 Å². The Morgan fingerprint density at radius 2 is 2.00 bits per heavy atom. The Morgan fingerprint density at radius 1 is 1.25 bits per heavy atom. The average Bonchev–Trinajstić information content (AvgIpc) is 2.88. The number of ether oxygens (including phenoxy) is 1. The number of hydrogen-bond acceptors (Lipinski definition) is 6. The zero-order valence-corrected chi connectivity index (χ0v) is 12.1. The van der Waals surface area contributed by atoms with E-state index in [0.717, 1.165) is 18.7 Å². The molecule has 0 aliphatic rings. The van der Waals surface area contributed by atoms with Gasteiger partial charge in [0.2, 0.25) is 5.75 Å². The summed E-state index contributed by atoms with van der Waals surface area (Å²) in [7, 11) is 3.52. The Morgan fingerprint density at radius 3 is 2.60 bits per heavy atom. The summed E-state index contributed by atoms with van der Waals surface area (Å²) in [5.41, 5.74) is 1.06. The Hall–Kier alpha value is -2.31. The smallest absolute Gasteiger partial charge is 0.204 e. The van der Waals surface area contributed by atoms with Gasteiger partial charge in [0.05, 0.1) is 19.3 Å². The van der Waals surface area contributed by atoms with Gasteiger partial charge in [-0.3, -0.25) is 4.68 Å². The molecule has 2 rings (SSSR count). The van der Waals surface area contributed by atoms with E-state index in [1.807, 2.05) is 17.8 Å². The number of anilines is 2. The van der Waals surface area contributed by atoms with Gasteiger partial charge >= 0.3 is 0 Å². The molecule has 2 aromatic rings. The monoisotopic (exact) mass is 276 g/mol. The maximum atomic E-state index is 5.40. The first-order valence-electron chi connectivity index (χ1n) is 6.59. The summed E-state index contributed by atoms with van der Waals surface area (Å²) in [5, 5.41) is 10.6. The highest BCUT2D eigenvalue weighted by Crippen LogP contribution is 2.29. The van der Waals surface area contributed by atoms with Crippen LogP contribution in [0.25, 0.3) is 0 Å². The summed E-state index contributed by atoms with van der Waals surface area (Å²) in [6.45, 7) is 3.56. The summed E-state index contributed by atoms with van der Waals surface area (Å²) in [4.78, 5) is 8.44. The van der Waals surface area contributed by atoms with Gasteiger partial charge in [-0.2, -0.15) is 5.10 Å². The molecule has 2 heterocycles. The molecule has 0 radical (unpaired) electrons. The van der Waals surface area contributed by atoms with E-state index in [2.05, 4.69) is 32.6 Å². The van der Waals surface area contributed by atoms with Gasteiger partial charge in [0.15, 0.2) is 11.6 Å². The fourth-order valence-electron chi connectivity index (χ4n) is 1.81. The van der Waals surface area contributed by atoms with E-state index in [0.29, 0.717) is 23.9 Å². The van der Waals surface area contributed by atoms with Crippen LogP contribution in [0.15, 0.2) is 18.6 Å². The molecule has 0 spiro atoms. The summed E-state index contributed by atoms with van der Waals surface area (Å²) in [5.74, 6) is 2.00. The van der Waals surface area contributed by atoms with Gasteiger partial charge in [-0.25, -0.2) is 9.97 Å². The molecule has 0 saturated heterocycles. The van der Waals surface area contributed by atoms with Crippen LogP contribution >= 0.6 is 0 Å². The predicted octanol–water partition coefficient (Wildman–Crippen LogP) is 1.65. The Bertz CT molecular complexity index is 554. The third kappa shape index (κ3) is 3.17. The second-order valence-electron chi connectivity index (χ2n) is 4.33. The molecular weight excluding hydrogens is 256 g/mol. The van der Waals surface area contributed by atoms with Crippen molar-refractivity contribution in [2.24, 2.45) is 7.05 Å². The van der Waals surface area contributed by atoms with E-state index in [9.17, 15) is 0 Å². The maximum absolute atomic E-state index is 5.40. The molecule has 0 unspecified atom stereocenters. The molecular formula is C13H20N6O. The van der Waals surface area contributed by atoms with Crippen LogP contribution in [0.2, 0.25) is 0 Å². The highest BCUT2D eigenvalue weighted by Gasteiger charge is 2.11. The normalized spacial score (nSPS) is 10.3. The fraction of sp³-hybridized carbons (Fsp3) is 0.462. The maximum Gasteiger partial charge on any atom is 0.204 e. The van der Waals surface area contributed by atoms with Crippen molar-refractivity contribution >= 4 is 11.6 Å². The van der Waals surface area contributed by atoms with Gasteiger partial charge in [0.1, 0.15) is 6.33 Å². The van der Waals surface area contributed by atoms with Crippen molar-refractivity contribution in [3.8, 4) is 5.75 Å². The summed E-state index contributed by atoms with van der Waals surface area (Å²) < 4.78 is 7.22. The van der Waals surface area contributed by atoms with Gasteiger partial charge in [0.25, 0.3) is 0 Å². The summed E-state index contributed by atoms with van der Waals surface area (Å²) in [6.07, 6.45) is 4.31. The van der Waals surface area contributed by atoms with Crippen LogP contribution in [-0.2, 0) is 13.6 Å². The Labute approximate surface area is 118 Å². The van der Waals surface area contributed by atoms with E-state index in [1.165, 1.54) is 6.33 Å². The first-order chi connectivity index (χ1) is 9.76. The number of nitrogens with one attached hydrogen (secondary N) is 2. The molecule has 0 saturated carbocycles. The molecule has 0 aliphatic heterocycles. The lowest BCUT2D eigenvalue weighted by atomic mass is 10.4. The lowest BCUT2D eigenvalue weighted by Crippen LogP contribution is -2.10. The molecule has 7 nitrogen and oxygen atoms in total. The minimum atomic E-state index is 0.622. The van der Waals surface area contributed by atoms with Crippen molar-refractivity contribution < 1.29 is 4.74 Å². The Balaban J connectivity index is 2.12. The second-order valence-corrected chi connectivity index (χ2v) is 4.33. The summed E-state index contributed by atoms with van der Waals surface area (Å²) in [6, 6.07) is 1.96. The third-order valence-corrected chi connectivity index (χ3v) is 2.91. The molecule has 0 fully saturated rings. The topological polar surface area (TPSA) is 76.9 Å². The highest BCUT2D eigenvalue weighted by molar-refractivity contribution is 5.63. The number of nitrogens with zero attached hydrogens (tertiary/aromatic N) is 4. The fourth-order valence-corrected chi connectivity index (χ4v) is 1.81. The SMILES string of the molecule is CCCNc1ncnc(NCc2ccnn2C)c1OC. The van der Waals surface area contributed by atoms with Crippen LogP contribution in [0.3, 0.4) is 0 Å². The van der Waals surface area contributed by atoms with Crippen molar-refractivity contribution in [1.29, 1.82) is 0 Å².